The van der Waals surface area contributed by atoms with Crippen molar-refractivity contribution < 1.29 is 26.3 Å². The molecule has 3 aromatic rings. The van der Waals surface area contributed by atoms with Crippen LogP contribution in [0.3, 0.4) is 0 Å². The molecule has 8 heteroatoms. The number of nitrogens with one attached hydrogen (secondary N) is 1. The third kappa shape index (κ3) is 4.65. The van der Waals surface area contributed by atoms with E-state index in [1.807, 2.05) is 12.1 Å². The number of halogens is 6. The van der Waals surface area contributed by atoms with Gasteiger partial charge in [-0.15, -0.1) is 0 Å². The molecule has 1 aliphatic rings. The molecule has 0 saturated carbocycles. The highest BCUT2D eigenvalue weighted by Crippen LogP contribution is 2.40. The fourth-order valence-electron chi connectivity index (χ4n) is 4.55. The lowest BCUT2D eigenvalue weighted by Gasteiger charge is -2.33. The number of rotatable bonds is 4. The number of nitrogens with zero attached hydrogens (tertiary/aromatic N) is 1. The molecule has 1 aromatic heterocycles. The summed E-state index contributed by atoms with van der Waals surface area (Å²) in [5, 5.41) is 0.818. The highest BCUT2D eigenvalue weighted by molar-refractivity contribution is 5.91. The molecule has 0 aliphatic carbocycles. The number of hydrogen-bond acceptors (Lipinski definition) is 1. The Kier molecular flexibility index (Phi) is 6.00. The van der Waals surface area contributed by atoms with Gasteiger partial charge in [0.05, 0.1) is 11.1 Å². The van der Waals surface area contributed by atoms with Gasteiger partial charge in [0.15, 0.2) is 0 Å². The smallest absolute Gasteiger partial charge is 0.354 e. The van der Waals surface area contributed by atoms with E-state index in [0.717, 1.165) is 42.5 Å². The fourth-order valence-corrected chi connectivity index (χ4v) is 4.55. The van der Waals surface area contributed by atoms with Crippen LogP contribution < -0.4 is 0 Å². The molecule has 4 rings (SSSR count). The number of alkyl halides is 6. The van der Waals surface area contributed by atoms with Crippen molar-refractivity contribution in [2.45, 2.75) is 51.0 Å². The maximum Gasteiger partial charge on any atom is 0.416 e. The van der Waals surface area contributed by atoms with Gasteiger partial charge in [-0.3, -0.25) is 0 Å². The molecule has 1 atom stereocenters. The zero-order valence-electron chi connectivity index (χ0n) is 17.6. The summed E-state index contributed by atoms with van der Waals surface area (Å²) in [5.41, 5.74) is -0.980. The second kappa shape index (κ2) is 8.46. The molecule has 0 amide bonds. The van der Waals surface area contributed by atoms with Crippen molar-refractivity contribution in [3.05, 3.63) is 59.2 Å². The van der Waals surface area contributed by atoms with Crippen LogP contribution in [0.25, 0.3) is 22.2 Å². The lowest BCUT2D eigenvalue weighted by molar-refractivity contribution is -0.143. The summed E-state index contributed by atoms with van der Waals surface area (Å²) in [7, 11) is 0. The molecule has 2 aromatic carbocycles. The Morgan fingerprint density at radius 2 is 1.59 bits per heavy atom. The first-order valence-corrected chi connectivity index (χ1v) is 10.7. The quantitative estimate of drug-likeness (QED) is 0.410. The van der Waals surface area contributed by atoms with Gasteiger partial charge in [0.1, 0.15) is 0 Å². The van der Waals surface area contributed by atoms with E-state index in [-0.39, 0.29) is 11.6 Å². The van der Waals surface area contributed by atoms with Gasteiger partial charge < -0.3 is 9.88 Å². The molecule has 1 aliphatic heterocycles. The summed E-state index contributed by atoms with van der Waals surface area (Å²) in [4.78, 5) is 5.42. The van der Waals surface area contributed by atoms with Crippen molar-refractivity contribution in [3.63, 3.8) is 0 Å². The predicted octanol–water partition coefficient (Wildman–Crippen LogP) is 7.29. The molecule has 0 spiro atoms. The minimum atomic E-state index is -4.88. The fraction of sp³-hybridized carbons (Fsp3) is 0.417. The molecular weight excluding hydrogens is 430 g/mol. The molecule has 0 bridgehead atoms. The Hall–Kier alpha value is -2.48. The first-order valence-electron chi connectivity index (χ1n) is 10.7. The van der Waals surface area contributed by atoms with Gasteiger partial charge in [-0.1, -0.05) is 24.6 Å². The van der Waals surface area contributed by atoms with Crippen molar-refractivity contribution in [2.75, 3.05) is 13.1 Å². The van der Waals surface area contributed by atoms with Crippen LogP contribution in [0, 0.1) is 0 Å². The van der Waals surface area contributed by atoms with Crippen molar-refractivity contribution in [1.29, 1.82) is 0 Å². The highest BCUT2D eigenvalue weighted by atomic mass is 19.4. The molecule has 1 fully saturated rings. The van der Waals surface area contributed by atoms with Crippen molar-refractivity contribution in [1.82, 2.24) is 9.88 Å². The number of likely N-dealkylation sites (tertiary alicyclic amines) is 1. The second-order valence-corrected chi connectivity index (χ2v) is 8.45. The van der Waals surface area contributed by atoms with Crippen LogP contribution in [0.15, 0.2) is 42.5 Å². The van der Waals surface area contributed by atoms with E-state index in [1.165, 1.54) is 6.42 Å². The van der Waals surface area contributed by atoms with Gasteiger partial charge in [-0.2, -0.15) is 26.3 Å². The van der Waals surface area contributed by atoms with E-state index in [0.29, 0.717) is 30.2 Å². The number of para-hydroxylation sites is 1. The van der Waals surface area contributed by atoms with Crippen LogP contribution in [0.4, 0.5) is 26.3 Å². The van der Waals surface area contributed by atoms with Crippen LogP contribution in [0.2, 0.25) is 0 Å². The van der Waals surface area contributed by atoms with Gasteiger partial charge in [-0.05, 0) is 68.1 Å². The summed E-state index contributed by atoms with van der Waals surface area (Å²) in [6.07, 6.45) is -5.89. The summed E-state index contributed by atoms with van der Waals surface area (Å²) in [6, 6.07) is 9.41. The SMILES string of the molecule is C[C@@H]1CCCCN1CCc1c(-c2cc(C(F)(F)F)cc(C(F)(F)F)c2)[nH]c2ccccc12. The van der Waals surface area contributed by atoms with Crippen molar-refractivity contribution >= 4 is 10.9 Å². The van der Waals surface area contributed by atoms with Crippen LogP contribution in [0.5, 0.6) is 0 Å². The summed E-state index contributed by atoms with van der Waals surface area (Å²) in [5.74, 6) is 0. The summed E-state index contributed by atoms with van der Waals surface area (Å²) >= 11 is 0. The molecule has 2 heterocycles. The minimum Gasteiger partial charge on any atom is -0.354 e. The van der Waals surface area contributed by atoms with Crippen molar-refractivity contribution in [3.8, 4) is 11.3 Å². The van der Waals surface area contributed by atoms with Crippen LogP contribution in [-0.4, -0.2) is 29.0 Å². The number of H-pyrrole nitrogens is 1. The molecular formula is C24H24F6N2. The Morgan fingerprint density at radius 3 is 2.22 bits per heavy atom. The topological polar surface area (TPSA) is 19.0 Å². The number of hydrogen-bond donors (Lipinski definition) is 1. The van der Waals surface area contributed by atoms with Crippen molar-refractivity contribution in [2.24, 2.45) is 0 Å². The van der Waals surface area contributed by atoms with E-state index in [9.17, 15) is 26.3 Å². The van der Waals surface area contributed by atoms with Gasteiger partial charge in [0.25, 0.3) is 0 Å². The van der Waals surface area contributed by atoms with E-state index >= 15 is 0 Å². The summed E-state index contributed by atoms with van der Waals surface area (Å²) < 4.78 is 80.4. The minimum absolute atomic E-state index is 0.106. The van der Waals surface area contributed by atoms with E-state index in [1.54, 1.807) is 12.1 Å². The molecule has 0 unspecified atom stereocenters. The lowest BCUT2D eigenvalue weighted by Crippen LogP contribution is -2.38. The third-order valence-electron chi connectivity index (χ3n) is 6.28. The molecule has 1 saturated heterocycles. The molecule has 172 valence electrons. The number of aromatic nitrogens is 1. The first kappa shape index (κ1) is 22.7. The maximum atomic E-state index is 13.4. The average Bonchev–Trinajstić information content (AvgIpc) is 3.10. The number of aromatic amines is 1. The van der Waals surface area contributed by atoms with Gasteiger partial charge in [0.2, 0.25) is 0 Å². The van der Waals surface area contributed by atoms with Crippen LogP contribution in [-0.2, 0) is 18.8 Å². The predicted molar refractivity (Wildman–Crippen MR) is 112 cm³/mol. The maximum absolute atomic E-state index is 13.4. The van der Waals surface area contributed by atoms with Crippen LogP contribution >= 0.6 is 0 Å². The zero-order valence-corrected chi connectivity index (χ0v) is 17.6. The van der Waals surface area contributed by atoms with E-state index in [2.05, 4.69) is 16.8 Å². The van der Waals surface area contributed by atoms with Gasteiger partial charge in [-0.25, -0.2) is 0 Å². The number of piperidine rings is 1. The second-order valence-electron chi connectivity index (χ2n) is 8.45. The standard InChI is InChI=1S/C24H24F6N2/c1-15-6-4-5-10-32(15)11-9-20-19-7-2-3-8-21(19)31-22(20)16-12-17(23(25,26)27)14-18(13-16)24(28,29)30/h2-3,7-8,12-15,31H,4-6,9-11H2,1H3/t15-/m1/s1. The third-order valence-corrected chi connectivity index (χ3v) is 6.28. The lowest BCUT2D eigenvalue weighted by atomic mass is 9.97. The van der Waals surface area contributed by atoms with Gasteiger partial charge in [0, 0.05) is 29.2 Å². The Balaban J connectivity index is 1.81. The van der Waals surface area contributed by atoms with E-state index < -0.39 is 23.5 Å². The average molecular weight is 454 g/mol. The summed E-state index contributed by atoms with van der Waals surface area (Å²) in [6.45, 7) is 3.79. The molecule has 1 N–H and O–H groups in total. The largest absolute Gasteiger partial charge is 0.416 e. The molecule has 0 radical (unpaired) electrons. The monoisotopic (exact) mass is 454 g/mol. The molecule has 32 heavy (non-hydrogen) atoms. The Morgan fingerprint density at radius 1 is 0.938 bits per heavy atom. The van der Waals surface area contributed by atoms with Crippen LogP contribution in [0.1, 0.15) is 42.9 Å². The van der Waals surface area contributed by atoms with Gasteiger partial charge >= 0.3 is 12.4 Å². The Bertz CT molecular complexity index is 1060. The number of fused-ring (bicyclic) bond motifs is 1. The number of benzene rings is 2. The molecule has 2 nitrogen and oxygen atoms in total. The highest BCUT2D eigenvalue weighted by Gasteiger charge is 2.37. The zero-order chi connectivity index (χ0) is 23.1. The normalized spacial score (nSPS) is 18.4. The first-order chi connectivity index (χ1) is 15.0. The van der Waals surface area contributed by atoms with E-state index in [4.69, 9.17) is 0 Å². The Labute approximate surface area is 182 Å².